The van der Waals surface area contributed by atoms with Crippen molar-refractivity contribution in [2.45, 2.75) is 39.3 Å². The molecular formula is C24H30FN3O2S. The first-order chi connectivity index (χ1) is 14.8. The van der Waals surface area contributed by atoms with E-state index >= 15 is 0 Å². The lowest BCUT2D eigenvalue weighted by molar-refractivity contribution is -0.145. The fourth-order valence-corrected chi connectivity index (χ4v) is 5.63. The van der Waals surface area contributed by atoms with E-state index in [1.807, 2.05) is 36.6 Å². The molecule has 7 heteroatoms. The summed E-state index contributed by atoms with van der Waals surface area (Å²) in [7, 11) is 0. The van der Waals surface area contributed by atoms with Crippen LogP contribution in [0, 0.1) is 11.7 Å². The number of rotatable bonds is 4. The van der Waals surface area contributed by atoms with E-state index in [2.05, 4.69) is 16.3 Å². The zero-order valence-corrected chi connectivity index (χ0v) is 19.2. The largest absolute Gasteiger partial charge is 0.338 e. The summed E-state index contributed by atoms with van der Waals surface area (Å²) in [6.07, 6.45) is 0.902. The fraction of sp³-hybridized carbons (Fsp3) is 0.500. The molecule has 2 aliphatic rings. The normalized spacial score (nSPS) is 22.0. The van der Waals surface area contributed by atoms with Crippen molar-refractivity contribution in [1.29, 1.82) is 0 Å². The summed E-state index contributed by atoms with van der Waals surface area (Å²) in [5.74, 6) is -0.0776. The van der Waals surface area contributed by atoms with E-state index < -0.39 is 0 Å². The summed E-state index contributed by atoms with van der Waals surface area (Å²) in [4.78, 5) is 32.9. The summed E-state index contributed by atoms with van der Waals surface area (Å²) >= 11 is 1.73. The number of halogens is 1. The molecule has 2 aliphatic heterocycles. The second kappa shape index (κ2) is 9.09. The lowest BCUT2D eigenvalue weighted by Gasteiger charge is -2.42. The van der Waals surface area contributed by atoms with Gasteiger partial charge >= 0.3 is 0 Å². The van der Waals surface area contributed by atoms with Gasteiger partial charge in [-0.25, -0.2) is 4.39 Å². The monoisotopic (exact) mass is 443 g/mol. The van der Waals surface area contributed by atoms with Crippen molar-refractivity contribution < 1.29 is 14.0 Å². The first-order valence-electron chi connectivity index (χ1n) is 11.0. The Morgan fingerprint density at radius 2 is 2.00 bits per heavy atom. The molecule has 2 amide bonds. The molecule has 0 N–H and O–H groups in total. The van der Waals surface area contributed by atoms with Crippen LogP contribution >= 0.6 is 11.3 Å². The second-order valence-corrected chi connectivity index (χ2v) is 9.85. The van der Waals surface area contributed by atoms with Gasteiger partial charge in [0.2, 0.25) is 11.8 Å². The zero-order valence-electron chi connectivity index (χ0n) is 18.4. The van der Waals surface area contributed by atoms with Gasteiger partial charge in [0.25, 0.3) is 0 Å². The molecule has 2 aromatic rings. The molecule has 0 unspecified atom stereocenters. The highest BCUT2D eigenvalue weighted by molar-refractivity contribution is 7.10. The van der Waals surface area contributed by atoms with Crippen LogP contribution in [0.1, 0.15) is 42.8 Å². The van der Waals surface area contributed by atoms with Crippen LogP contribution in [0.15, 0.2) is 35.7 Å². The van der Waals surface area contributed by atoms with Crippen LogP contribution in [-0.4, -0.2) is 65.3 Å². The summed E-state index contributed by atoms with van der Waals surface area (Å²) in [6, 6.07) is 8.70. The van der Waals surface area contributed by atoms with Crippen LogP contribution in [0.3, 0.4) is 0 Å². The van der Waals surface area contributed by atoms with Crippen LogP contribution in [0.25, 0.3) is 0 Å². The van der Waals surface area contributed by atoms with Gasteiger partial charge in [-0.15, -0.1) is 11.3 Å². The maximum absolute atomic E-state index is 14.0. The number of carbonyl (C=O) groups excluding carboxylic acids is 2. The molecule has 0 saturated carbocycles. The first kappa shape index (κ1) is 22.0. The lowest BCUT2D eigenvalue weighted by atomic mass is 9.93. The highest BCUT2D eigenvalue weighted by Gasteiger charge is 2.34. The Balaban J connectivity index is 1.49. The number of piperazine rings is 1. The third-order valence-corrected chi connectivity index (χ3v) is 7.32. The van der Waals surface area contributed by atoms with E-state index in [1.54, 1.807) is 23.5 Å². The SMILES string of the molecule is CC(C)C(=O)N1CCN(C(=O)CN2CCc3sccc3[C@@H]2c2cccc(F)c2)C[C@@H]1C. The van der Waals surface area contributed by atoms with Gasteiger partial charge in [-0.2, -0.15) is 0 Å². The van der Waals surface area contributed by atoms with Gasteiger partial charge in [0, 0.05) is 43.0 Å². The third kappa shape index (κ3) is 4.53. The zero-order chi connectivity index (χ0) is 22.1. The summed E-state index contributed by atoms with van der Waals surface area (Å²) in [6.45, 7) is 8.58. The highest BCUT2D eigenvalue weighted by Crippen LogP contribution is 2.37. The van der Waals surface area contributed by atoms with Gasteiger partial charge < -0.3 is 9.80 Å². The summed E-state index contributed by atoms with van der Waals surface area (Å²) in [5.41, 5.74) is 2.06. The maximum atomic E-state index is 14.0. The number of carbonyl (C=O) groups is 2. The molecule has 1 aromatic heterocycles. The van der Waals surface area contributed by atoms with Crippen LogP contribution in [0.2, 0.25) is 0 Å². The van der Waals surface area contributed by atoms with Crippen molar-refractivity contribution in [2.24, 2.45) is 5.92 Å². The Kier molecular flexibility index (Phi) is 6.44. The Morgan fingerprint density at radius 1 is 1.19 bits per heavy atom. The molecule has 3 heterocycles. The number of hydrogen-bond acceptors (Lipinski definition) is 4. The van der Waals surface area contributed by atoms with Crippen LogP contribution in [0.5, 0.6) is 0 Å². The molecule has 0 spiro atoms. The Labute approximate surface area is 187 Å². The van der Waals surface area contributed by atoms with Crippen molar-refractivity contribution >= 4 is 23.2 Å². The van der Waals surface area contributed by atoms with Gasteiger partial charge in [0.15, 0.2) is 0 Å². The summed E-state index contributed by atoms with van der Waals surface area (Å²) < 4.78 is 14.0. The van der Waals surface area contributed by atoms with Gasteiger partial charge in [-0.1, -0.05) is 26.0 Å². The molecule has 0 bridgehead atoms. The summed E-state index contributed by atoms with van der Waals surface area (Å²) in [5, 5.41) is 2.08. The molecule has 0 aliphatic carbocycles. The highest BCUT2D eigenvalue weighted by atomic mass is 32.1. The Bertz CT molecular complexity index is 960. The second-order valence-electron chi connectivity index (χ2n) is 8.85. The quantitative estimate of drug-likeness (QED) is 0.726. The fourth-order valence-electron chi connectivity index (χ4n) is 4.72. The number of amides is 2. The van der Waals surface area contributed by atoms with Crippen LogP contribution in [-0.2, 0) is 16.0 Å². The van der Waals surface area contributed by atoms with Gasteiger partial charge in [-0.05, 0) is 48.1 Å². The van der Waals surface area contributed by atoms with Crippen LogP contribution in [0.4, 0.5) is 4.39 Å². The number of benzene rings is 1. The van der Waals surface area contributed by atoms with Crippen molar-refractivity contribution in [1.82, 2.24) is 14.7 Å². The van der Waals surface area contributed by atoms with E-state index in [-0.39, 0.29) is 35.6 Å². The minimum atomic E-state index is -0.258. The standard InChI is InChI=1S/C24H30FN3O2S/c1-16(2)24(30)28-11-10-26(14-17(28)3)22(29)15-27-9-7-21-20(8-12-31-21)23(27)18-5-4-6-19(25)13-18/h4-6,8,12-13,16-17,23H,7,9-11,14-15H2,1-3H3/t17-,23-/m0/s1. The molecule has 1 aromatic carbocycles. The average Bonchev–Trinajstić information content (AvgIpc) is 3.21. The van der Waals surface area contributed by atoms with E-state index in [9.17, 15) is 14.0 Å². The topological polar surface area (TPSA) is 43.9 Å². The average molecular weight is 444 g/mol. The predicted molar refractivity (Wildman–Crippen MR) is 120 cm³/mol. The molecule has 4 rings (SSSR count). The van der Waals surface area contributed by atoms with Crippen molar-refractivity contribution in [3.05, 3.63) is 57.5 Å². The van der Waals surface area contributed by atoms with Crippen molar-refractivity contribution in [3.63, 3.8) is 0 Å². The molecular weight excluding hydrogens is 413 g/mol. The number of thiophene rings is 1. The van der Waals surface area contributed by atoms with Crippen LogP contribution < -0.4 is 0 Å². The smallest absolute Gasteiger partial charge is 0.236 e. The number of fused-ring (bicyclic) bond motifs is 1. The van der Waals surface area contributed by atoms with E-state index in [0.29, 0.717) is 26.2 Å². The Morgan fingerprint density at radius 3 is 2.71 bits per heavy atom. The Hall–Kier alpha value is -2.25. The molecule has 31 heavy (non-hydrogen) atoms. The molecule has 166 valence electrons. The van der Waals surface area contributed by atoms with E-state index in [0.717, 1.165) is 18.5 Å². The predicted octanol–water partition coefficient (Wildman–Crippen LogP) is 3.55. The lowest BCUT2D eigenvalue weighted by Crippen LogP contribution is -2.57. The van der Waals surface area contributed by atoms with Gasteiger partial charge in [0.1, 0.15) is 5.82 Å². The minimum Gasteiger partial charge on any atom is -0.338 e. The molecule has 1 fully saturated rings. The first-order valence-corrected chi connectivity index (χ1v) is 11.9. The van der Waals surface area contributed by atoms with Crippen molar-refractivity contribution in [2.75, 3.05) is 32.7 Å². The molecule has 5 nitrogen and oxygen atoms in total. The minimum absolute atomic E-state index is 0.0106. The van der Waals surface area contributed by atoms with Crippen molar-refractivity contribution in [3.8, 4) is 0 Å². The third-order valence-electron chi connectivity index (χ3n) is 6.33. The van der Waals surface area contributed by atoms with Gasteiger partial charge in [-0.3, -0.25) is 14.5 Å². The maximum Gasteiger partial charge on any atom is 0.236 e. The van der Waals surface area contributed by atoms with E-state index in [4.69, 9.17) is 0 Å². The molecule has 1 saturated heterocycles. The molecule has 2 atom stereocenters. The number of nitrogens with zero attached hydrogens (tertiary/aromatic N) is 3. The van der Waals surface area contributed by atoms with E-state index in [1.165, 1.54) is 16.5 Å². The number of hydrogen-bond donors (Lipinski definition) is 0. The molecule has 0 radical (unpaired) electrons. The van der Waals surface area contributed by atoms with Gasteiger partial charge in [0.05, 0.1) is 12.6 Å².